The van der Waals surface area contributed by atoms with Crippen molar-refractivity contribution in [2.75, 3.05) is 5.32 Å². The number of hydrogen-bond acceptors (Lipinski definition) is 4. The van der Waals surface area contributed by atoms with E-state index in [0.29, 0.717) is 11.3 Å². The molecule has 2 rings (SSSR count). The Kier molecular flexibility index (Phi) is 4.99. The third-order valence-corrected chi connectivity index (χ3v) is 4.49. The Morgan fingerprint density at radius 2 is 1.67 bits per heavy atom. The van der Waals surface area contributed by atoms with E-state index >= 15 is 0 Å². The van der Waals surface area contributed by atoms with Crippen molar-refractivity contribution in [3.8, 4) is 0 Å². The van der Waals surface area contributed by atoms with Gasteiger partial charge in [0.05, 0.1) is 4.90 Å². The van der Waals surface area contributed by atoms with Gasteiger partial charge in [-0.3, -0.25) is 9.59 Å². The lowest BCUT2D eigenvalue weighted by atomic mass is 10.1. The molecule has 0 unspecified atom stereocenters. The average molecular weight is 350 g/mol. The lowest BCUT2D eigenvalue weighted by Gasteiger charge is -2.08. The van der Waals surface area contributed by atoms with E-state index in [0.717, 1.165) is 6.07 Å². The molecule has 0 radical (unpaired) electrons. The number of carbonyl (C=O) groups is 2. The van der Waals surface area contributed by atoms with Gasteiger partial charge in [-0.2, -0.15) is 0 Å². The number of rotatable bonds is 4. The van der Waals surface area contributed by atoms with E-state index in [1.54, 1.807) is 0 Å². The van der Waals surface area contributed by atoms with Gasteiger partial charge in [0.2, 0.25) is 5.91 Å². The van der Waals surface area contributed by atoms with Crippen LogP contribution in [0.15, 0.2) is 47.4 Å². The Balaban J connectivity index is 2.19. The topological polar surface area (TPSA) is 92.3 Å². The van der Waals surface area contributed by atoms with Crippen LogP contribution >= 0.6 is 0 Å². The van der Waals surface area contributed by atoms with Gasteiger partial charge in [-0.1, -0.05) is 6.07 Å². The Labute approximate surface area is 138 Å². The van der Waals surface area contributed by atoms with Gasteiger partial charge in [-0.05, 0) is 48.9 Å². The standard InChI is InChI=1S/C16H15FN2O4S/c1-10-3-4-12(9-15(10)17)16(21)19-24(22,23)14-7-5-13(6-8-14)18-11(2)20/h3-9H,1-2H3,(H,18,20)(H,19,21). The summed E-state index contributed by atoms with van der Waals surface area (Å²) in [6.45, 7) is 2.86. The van der Waals surface area contributed by atoms with Gasteiger partial charge in [0.15, 0.2) is 0 Å². The minimum absolute atomic E-state index is 0.100. The fraction of sp³-hybridized carbons (Fsp3) is 0.125. The van der Waals surface area contributed by atoms with Gasteiger partial charge in [-0.25, -0.2) is 17.5 Å². The number of nitrogens with one attached hydrogen (secondary N) is 2. The fourth-order valence-corrected chi connectivity index (χ4v) is 2.87. The zero-order valence-electron chi connectivity index (χ0n) is 13.0. The minimum atomic E-state index is -4.11. The number of anilines is 1. The first kappa shape index (κ1) is 17.6. The molecular formula is C16H15FN2O4S. The van der Waals surface area contributed by atoms with Crippen molar-refractivity contribution in [2.45, 2.75) is 18.7 Å². The smallest absolute Gasteiger partial charge is 0.265 e. The van der Waals surface area contributed by atoms with Crippen LogP contribution in [0, 0.1) is 12.7 Å². The van der Waals surface area contributed by atoms with Crippen molar-refractivity contribution in [1.29, 1.82) is 0 Å². The Hall–Kier alpha value is -2.74. The van der Waals surface area contributed by atoms with E-state index in [9.17, 15) is 22.4 Å². The Morgan fingerprint density at radius 3 is 2.21 bits per heavy atom. The summed E-state index contributed by atoms with van der Waals surface area (Å²) in [5.74, 6) is -1.82. The van der Waals surface area contributed by atoms with Crippen molar-refractivity contribution in [3.63, 3.8) is 0 Å². The molecule has 0 aliphatic carbocycles. The van der Waals surface area contributed by atoms with Crippen LogP contribution in [0.4, 0.5) is 10.1 Å². The van der Waals surface area contributed by atoms with Crippen LogP contribution in [-0.4, -0.2) is 20.2 Å². The monoisotopic (exact) mass is 350 g/mol. The van der Waals surface area contributed by atoms with Crippen molar-refractivity contribution in [1.82, 2.24) is 4.72 Å². The van der Waals surface area contributed by atoms with E-state index < -0.39 is 21.7 Å². The number of aryl methyl sites for hydroxylation is 1. The van der Waals surface area contributed by atoms with Gasteiger partial charge in [-0.15, -0.1) is 0 Å². The summed E-state index contributed by atoms with van der Waals surface area (Å²) in [6.07, 6.45) is 0. The first-order chi connectivity index (χ1) is 11.2. The normalized spacial score (nSPS) is 11.0. The molecule has 2 N–H and O–H groups in total. The molecule has 2 aromatic rings. The van der Waals surface area contributed by atoms with E-state index in [-0.39, 0.29) is 16.4 Å². The lowest BCUT2D eigenvalue weighted by Crippen LogP contribution is -2.30. The average Bonchev–Trinajstić information content (AvgIpc) is 2.49. The molecule has 24 heavy (non-hydrogen) atoms. The zero-order chi connectivity index (χ0) is 17.9. The molecule has 0 aliphatic heterocycles. The van der Waals surface area contributed by atoms with E-state index in [4.69, 9.17) is 0 Å². The van der Waals surface area contributed by atoms with Crippen LogP contribution in [-0.2, 0) is 14.8 Å². The molecule has 0 spiro atoms. The highest BCUT2D eigenvalue weighted by molar-refractivity contribution is 7.90. The molecule has 0 saturated carbocycles. The molecule has 0 saturated heterocycles. The fourth-order valence-electron chi connectivity index (χ4n) is 1.89. The van der Waals surface area contributed by atoms with Crippen LogP contribution in [0.25, 0.3) is 0 Å². The predicted molar refractivity (Wildman–Crippen MR) is 86.5 cm³/mol. The van der Waals surface area contributed by atoms with Gasteiger partial charge < -0.3 is 5.32 Å². The van der Waals surface area contributed by atoms with Gasteiger partial charge in [0, 0.05) is 18.2 Å². The molecule has 2 amide bonds. The number of amides is 2. The lowest BCUT2D eigenvalue weighted by molar-refractivity contribution is -0.114. The summed E-state index contributed by atoms with van der Waals surface area (Å²) in [7, 11) is -4.11. The van der Waals surface area contributed by atoms with Crippen molar-refractivity contribution >= 4 is 27.5 Å². The number of halogens is 1. The summed E-state index contributed by atoms with van der Waals surface area (Å²) in [4.78, 5) is 22.8. The summed E-state index contributed by atoms with van der Waals surface area (Å²) in [6, 6.07) is 8.98. The van der Waals surface area contributed by atoms with Gasteiger partial charge in [0.1, 0.15) is 5.82 Å². The minimum Gasteiger partial charge on any atom is -0.326 e. The van der Waals surface area contributed by atoms with Gasteiger partial charge >= 0.3 is 0 Å². The first-order valence-electron chi connectivity index (χ1n) is 6.90. The quantitative estimate of drug-likeness (QED) is 0.884. The van der Waals surface area contributed by atoms with Crippen LogP contribution in [0.5, 0.6) is 0 Å². The Bertz CT molecular complexity index is 893. The predicted octanol–water partition coefficient (Wildman–Crippen LogP) is 2.21. The number of benzene rings is 2. The largest absolute Gasteiger partial charge is 0.326 e. The summed E-state index contributed by atoms with van der Waals surface area (Å²) < 4.78 is 39.7. The van der Waals surface area contributed by atoms with Gasteiger partial charge in [0.25, 0.3) is 15.9 Å². The number of sulfonamides is 1. The maximum atomic E-state index is 13.5. The summed E-state index contributed by atoms with van der Waals surface area (Å²) in [5.41, 5.74) is 0.674. The zero-order valence-corrected chi connectivity index (χ0v) is 13.8. The third-order valence-electron chi connectivity index (χ3n) is 3.15. The SMILES string of the molecule is CC(=O)Nc1ccc(S(=O)(=O)NC(=O)c2ccc(C)c(F)c2)cc1. The third kappa shape index (κ3) is 4.17. The van der Waals surface area contributed by atoms with Crippen LogP contribution in [0.1, 0.15) is 22.8 Å². The molecule has 126 valence electrons. The van der Waals surface area contributed by atoms with Crippen molar-refractivity contribution in [2.24, 2.45) is 0 Å². The first-order valence-corrected chi connectivity index (χ1v) is 8.38. The Morgan fingerprint density at radius 1 is 1.04 bits per heavy atom. The molecule has 0 aromatic heterocycles. The highest BCUT2D eigenvalue weighted by Gasteiger charge is 2.19. The van der Waals surface area contributed by atoms with E-state index in [2.05, 4.69) is 5.32 Å². The van der Waals surface area contributed by atoms with E-state index in [1.807, 2.05) is 4.72 Å². The second-order valence-corrected chi connectivity index (χ2v) is 6.79. The highest BCUT2D eigenvalue weighted by atomic mass is 32.2. The van der Waals surface area contributed by atoms with Crippen LogP contribution < -0.4 is 10.0 Å². The second-order valence-electron chi connectivity index (χ2n) is 5.10. The molecule has 6 nitrogen and oxygen atoms in total. The van der Waals surface area contributed by atoms with E-state index in [1.165, 1.54) is 50.2 Å². The molecule has 0 atom stereocenters. The van der Waals surface area contributed by atoms with Crippen LogP contribution in [0.2, 0.25) is 0 Å². The van der Waals surface area contributed by atoms with Crippen LogP contribution in [0.3, 0.4) is 0 Å². The highest BCUT2D eigenvalue weighted by Crippen LogP contribution is 2.15. The molecule has 0 heterocycles. The second kappa shape index (κ2) is 6.79. The molecule has 2 aromatic carbocycles. The molecular weight excluding hydrogens is 335 g/mol. The summed E-state index contributed by atoms with van der Waals surface area (Å²) in [5, 5.41) is 2.50. The maximum Gasteiger partial charge on any atom is 0.265 e. The van der Waals surface area contributed by atoms with Crippen molar-refractivity contribution < 1.29 is 22.4 Å². The van der Waals surface area contributed by atoms with Crippen molar-refractivity contribution in [3.05, 3.63) is 59.4 Å². The molecule has 0 aliphatic rings. The summed E-state index contributed by atoms with van der Waals surface area (Å²) >= 11 is 0. The number of hydrogen-bond donors (Lipinski definition) is 2. The molecule has 0 bridgehead atoms. The molecule has 8 heteroatoms. The maximum absolute atomic E-state index is 13.5. The molecule has 0 fully saturated rings. The number of carbonyl (C=O) groups excluding carboxylic acids is 2.